The Morgan fingerprint density at radius 1 is 1.50 bits per heavy atom. The summed E-state index contributed by atoms with van der Waals surface area (Å²) in [5.41, 5.74) is 0.993. The monoisotopic (exact) mass is 308 g/mol. The largest absolute Gasteiger partial charge is 0.395 e. The van der Waals surface area contributed by atoms with Gasteiger partial charge < -0.3 is 5.11 Å². The molecule has 1 heterocycles. The topological polar surface area (TPSA) is 88.0 Å². The second-order valence-corrected chi connectivity index (χ2v) is 4.73. The fourth-order valence-electron chi connectivity index (χ4n) is 1.32. The Morgan fingerprint density at radius 3 is 3.00 bits per heavy atom. The summed E-state index contributed by atoms with van der Waals surface area (Å²) in [7, 11) is 0. The van der Waals surface area contributed by atoms with Crippen LogP contribution in [0.3, 0.4) is 0 Å². The molecule has 20 heavy (non-hydrogen) atoms. The van der Waals surface area contributed by atoms with E-state index in [1.807, 2.05) is 0 Å². The maximum absolute atomic E-state index is 11.9. The van der Waals surface area contributed by atoms with Crippen molar-refractivity contribution in [2.45, 2.75) is 6.42 Å². The predicted molar refractivity (Wildman–Crippen MR) is 75.7 cm³/mol. The first kappa shape index (κ1) is 14.4. The van der Waals surface area contributed by atoms with Gasteiger partial charge in [-0.15, -0.1) is 0 Å². The van der Waals surface area contributed by atoms with Crippen LogP contribution in [0.15, 0.2) is 18.2 Å². The number of aromatic nitrogens is 3. The minimum absolute atomic E-state index is 0.000985. The van der Waals surface area contributed by atoms with Gasteiger partial charge >= 0.3 is 0 Å². The van der Waals surface area contributed by atoms with Crippen LogP contribution in [0.4, 0.5) is 5.13 Å². The van der Waals surface area contributed by atoms with Crippen LogP contribution in [0.2, 0.25) is 5.02 Å². The molecule has 0 atom stereocenters. The number of hydrogen-bond acceptors (Lipinski definition) is 6. The van der Waals surface area contributed by atoms with Crippen LogP contribution in [0.25, 0.3) is 0 Å². The van der Waals surface area contributed by atoms with Crippen molar-refractivity contribution in [3.8, 4) is 11.8 Å². The molecule has 2 N–H and O–H groups in total. The Balaban J connectivity index is 2.12. The summed E-state index contributed by atoms with van der Waals surface area (Å²) in [6, 6.07) is 4.78. The Morgan fingerprint density at radius 2 is 2.35 bits per heavy atom. The Bertz CT molecular complexity index is 664. The maximum atomic E-state index is 11.9. The lowest BCUT2D eigenvalue weighted by atomic mass is 10.1. The summed E-state index contributed by atoms with van der Waals surface area (Å²) in [5.74, 6) is 5.24. The third-order valence-corrected chi connectivity index (χ3v) is 3.03. The lowest BCUT2D eigenvalue weighted by Crippen LogP contribution is -2.11. The van der Waals surface area contributed by atoms with E-state index < -0.39 is 0 Å². The molecule has 0 radical (unpaired) electrons. The molecule has 0 aliphatic carbocycles. The van der Waals surface area contributed by atoms with E-state index in [0.29, 0.717) is 27.7 Å². The van der Waals surface area contributed by atoms with Crippen molar-refractivity contribution in [1.82, 2.24) is 14.8 Å². The number of aliphatic hydroxyl groups is 1. The predicted octanol–water partition coefficient (Wildman–Crippen LogP) is 1.57. The number of rotatable bonds is 3. The average molecular weight is 309 g/mol. The van der Waals surface area contributed by atoms with Gasteiger partial charge in [0.2, 0.25) is 5.13 Å². The van der Waals surface area contributed by atoms with Crippen molar-refractivity contribution < 1.29 is 9.90 Å². The van der Waals surface area contributed by atoms with Crippen molar-refractivity contribution >= 4 is 34.2 Å². The van der Waals surface area contributed by atoms with E-state index >= 15 is 0 Å². The standard InChI is InChI=1S/C12H9ClN4O2S/c13-10-7-9(5-4-8(10)3-1-2-6-18)11(19)14-12-15-16-17-20-12/h4-5,7,18H,2,6H2,(H,14,15,17,19). The van der Waals surface area contributed by atoms with Gasteiger partial charge in [0.25, 0.3) is 5.91 Å². The van der Waals surface area contributed by atoms with Crippen molar-refractivity contribution in [2.24, 2.45) is 0 Å². The zero-order valence-electron chi connectivity index (χ0n) is 10.1. The van der Waals surface area contributed by atoms with Crippen LogP contribution < -0.4 is 5.32 Å². The highest BCUT2D eigenvalue weighted by Crippen LogP contribution is 2.18. The molecule has 2 aromatic rings. The second kappa shape index (κ2) is 6.96. The molecule has 6 nitrogen and oxygen atoms in total. The number of hydrogen-bond donors (Lipinski definition) is 2. The first-order valence-corrected chi connectivity index (χ1v) is 6.71. The number of anilines is 1. The molecule has 1 aromatic heterocycles. The van der Waals surface area contributed by atoms with Crippen LogP contribution in [0, 0.1) is 11.8 Å². The van der Waals surface area contributed by atoms with Gasteiger partial charge in [0, 0.05) is 29.1 Å². The van der Waals surface area contributed by atoms with Gasteiger partial charge in [-0.2, -0.15) is 0 Å². The van der Waals surface area contributed by atoms with E-state index in [2.05, 4.69) is 32.0 Å². The van der Waals surface area contributed by atoms with E-state index in [-0.39, 0.29) is 12.5 Å². The number of nitrogens with one attached hydrogen (secondary N) is 1. The molecule has 0 bridgehead atoms. The van der Waals surface area contributed by atoms with Crippen molar-refractivity contribution in [3.05, 3.63) is 34.3 Å². The highest BCUT2D eigenvalue weighted by Gasteiger charge is 2.10. The quantitative estimate of drug-likeness (QED) is 0.840. The number of halogens is 1. The summed E-state index contributed by atoms with van der Waals surface area (Å²) < 4.78 is 3.54. The first-order valence-electron chi connectivity index (χ1n) is 5.56. The summed E-state index contributed by atoms with van der Waals surface area (Å²) in [5, 5.41) is 18.9. The van der Waals surface area contributed by atoms with Crippen LogP contribution in [0.1, 0.15) is 22.3 Å². The van der Waals surface area contributed by atoms with Gasteiger partial charge in [0.05, 0.1) is 11.6 Å². The molecular formula is C12H9ClN4O2S. The summed E-state index contributed by atoms with van der Waals surface area (Å²) in [6.07, 6.45) is 0.378. The third kappa shape index (κ3) is 3.74. The molecule has 1 aromatic carbocycles. The molecule has 0 saturated heterocycles. The molecular weight excluding hydrogens is 300 g/mol. The van der Waals surface area contributed by atoms with Gasteiger partial charge in [0.15, 0.2) is 0 Å². The zero-order chi connectivity index (χ0) is 14.4. The molecule has 0 aliphatic rings. The molecule has 0 saturated carbocycles. The summed E-state index contributed by atoms with van der Waals surface area (Å²) in [4.78, 5) is 11.9. The van der Waals surface area contributed by atoms with Gasteiger partial charge in [-0.25, -0.2) is 0 Å². The molecule has 0 unspecified atom stereocenters. The van der Waals surface area contributed by atoms with E-state index in [1.54, 1.807) is 12.1 Å². The van der Waals surface area contributed by atoms with Crippen LogP contribution in [0.5, 0.6) is 0 Å². The Kier molecular flexibility index (Phi) is 5.01. The smallest absolute Gasteiger partial charge is 0.257 e. The minimum Gasteiger partial charge on any atom is -0.395 e. The fourth-order valence-corrected chi connectivity index (χ4v) is 1.91. The lowest BCUT2D eigenvalue weighted by molar-refractivity contribution is 0.102. The van der Waals surface area contributed by atoms with Gasteiger partial charge in [-0.1, -0.05) is 33.0 Å². The maximum Gasteiger partial charge on any atom is 0.257 e. The number of carbonyl (C=O) groups is 1. The molecule has 1 amide bonds. The second-order valence-electron chi connectivity index (χ2n) is 3.59. The molecule has 0 aliphatic heterocycles. The Hall–Kier alpha value is -2.01. The summed E-state index contributed by atoms with van der Waals surface area (Å²) in [6.45, 7) is 0.000985. The zero-order valence-corrected chi connectivity index (χ0v) is 11.7. The fraction of sp³-hybridized carbons (Fsp3) is 0.167. The number of carbonyl (C=O) groups excluding carboxylic acids is 1. The number of benzene rings is 1. The molecule has 102 valence electrons. The van der Waals surface area contributed by atoms with Crippen molar-refractivity contribution in [1.29, 1.82) is 0 Å². The number of aliphatic hydroxyl groups excluding tert-OH is 1. The lowest BCUT2D eigenvalue weighted by Gasteiger charge is -2.02. The molecule has 0 fully saturated rings. The van der Waals surface area contributed by atoms with Gasteiger partial charge in [-0.05, 0) is 23.4 Å². The van der Waals surface area contributed by atoms with Crippen LogP contribution in [-0.4, -0.2) is 32.4 Å². The van der Waals surface area contributed by atoms with E-state index in [1.165, 1.54) is 6.07 Å². The molecule has 2 rings (SSSR count). The van der Waals surface area contributed by atoms with Crippen LogP contribution >= 0.6 is 23.1 Å². The van der Waals surface area contributed by atoms with Gasteiger partial charge in [0.1, 0.15) is 0 Å². The van der Waals surface area contributed by atoms with Crippen molar-refractivity contribution in [2.75, 3.05) is 11.9 Å². The van der Waals surface area contributed by atoms with E-state index in [9.17, 15) is 4.79 Å². The van der Waals surface area contributed by atoms with E-state index in [4.69, 9.17) is 16.7 Å². The van der Waals surface area contributed by atoms with Crippen molar-refractivity contribution in [3.63, 3.8) is 0 Å². The average Bonchev–Trinajstić information content (AvgIpc) is 2.93. The minimum atomic E-state index is -0.347. The highest BCUT2D eigenvalue weighted by atomic mass is 35.5. The normalized spacial score (nSPS) is 9.70. The SMILES string of the molecule is O=C(Nc1nnns1)c1ccc(C#CCCO)c(Cl)c1. The Labute approximate surface area is 123 Å². The van der Waals surface area contributed by atoms with Gasteiger partial charge in [-0.3, -0.25) is 10.1 Å². The molecule has 0 spiro atoms. The van der Waals surface area contributed by atoms with Crippen LogP contribution in [-0.2, 0) is 0 Å². The number of nitrogens with zero attached hydrogens (tertiary/aromatic N) is 3. The summed E-state index contributed by atoms with van der Waals surface area (Å²) >= 11 is 7.04. The number of amides is 1. The highest BCUT2D eigenvalue weighted by molar-refractivity contribution is 7.09. The van der Waals surface area contributed by atoms with E-state index in [0.717, 1.165) is 11.5 Å². The molecule has 8 heteroatoms. The third-order valence-electron chi connectivity index (χ3n) is 2.21. The first-order chi connectivity index (χ1) is 9.70.